The molecule has 3 unspecified atom stereocenters. The minimum atomic E-state index is -0.797. The molecule has 0 spiro atoms. The maximum absolute atomic E-state index is 13.4. The smallest absolute Gasteiger partial charge is 0.329 e. The summed E-state index contributed by atoms with van der Waals surface area (Å²) in [7, 11) is 0. The summed E-state index contributed by atoms with van der Waals surface area (Å²) in [6, 6.07) is 13.8. The van der Waals surface area contributed by atoms with Crippen molar-refractivity contribution in [2.45, 2.75) is 51.4 Å². The van der Waals surface area contributed by atoms with E-state index in [1.165, 1.54) is 4.90 Å². The lowest BCUT2D eigenvalue weighted by atomic mass is 10.0. The number of aliphatic hydroxyl groups excluding tert-OH is 1. The first-order valence-corrected chi connectivity index (χ1v) is 11.4. The van der Waals surface area contributed by atoms with Gasteiger partial charge in [-0.25, -0.2) is 4.79 Å². The van der Waals surface area contributed by atoms with Crippen molar-refractivity contribution in [2.75, 3.05) is 16.5 Å². The van der Waals surface area contributed by atoms with Gasteiger partial charge < -0.3 is 10.0 Å². The Balaban J connectivity index is 1.42. The van der Waals surface area contributed by atoms with Crippen LogP contribution in [0.15, 0.2) is 48.5 Å². The van der Waals surface area contributed by atoms with E-state index in [4.69, 9.17) is 0 Å². The number of nitrogens with zero attached hydrogens (tertiary/aromatic N) is 4. The van der Waals surface area contributed by atoms with Crippen molar-refractivity contribution in [3.05, 3.63) is 59.7 Å². The zero-order chi connectivity index (χ0) is 24.1. The summed E-state index contributed by atoms with van der Waals surface area (Å²) >= 11 is 0. The summed E-state index contributed by atoms with van der Waals surface area (Å²) in [6.45, 7) is 3.52. The number of likely N-dealkylation sites (tertiary alicyclic amines) is 1. The number of hydrogen-bond acceptors (Lipinski definition) is 5. The van der Waals surface area contributed by atoms with Crippen molar-refractivity contribution in [1.29, 1.82) is 0 Å². The predicted octanol–water partition coefficient (Wildman–Crippen LogP) is 2.33. The number of aliphatic hydroxyl groups is 1. The highest BCUT2D eigenvalue weighted by atomic mass is 16.3. The molecule has 2 fully saturated rings. The third-order valence-electron chi connectivity index (χ3n) is 7.16. The summed E-state index contributed by atoms with van der Waals surface area (Å²) < 4.78 is 0. The number of carbonyl (C=O) groups is 4. The van der Waals surface area contributed by atoms with Crippen LogP contribution >= 0.6 is 0 Å². The molecule has 2 aromatic carbocycles. The zero-order valence-corrected chi connectivity index (χ0v) is 19.0. The van der Waals surface area contributed by atoms with Gasteiger partial charge in [0.05, 0.1) is 12.1 Å². The van der Waals surface area contributed by atoms with Gasteiger partial charge >= 0.3 is 6.03 Å². The molecule has 176 valence electrons. The van der Waals surface area contributed by atoms with Crippen LogP contribution in [0.1, 0.15) is 42.6 Å². The Labute approximate surface area is 197 Å². The Morgan fingerprint density at radius 2 is 1.59 bits per heavy atom. The van der Waals surface area contributed by atoms with E-state index < -0.39 is 24.6 Å². The van der Waals surface area contributed by atoms with Crippen molar-refractivity contribution in [1.82, 2.24) is 9.80 Å². The number of rotatable bonds is 4. The number of para-hydroxylation sites is 1. The largest absolute Gasteiger partial charge is 0.376 e. The standard InChI is InChI=1S/C25H26N4O5/c1-15-16(2)29(25(34)28(15)18-6-4-3-5-7-18)19-8-9-20-17(12-19)13-26(23(20)32)21-10-11-22(31)27(14-30)24(21)33/h3-9,12,15-16,21,30H,10-11,13-14H2,1-2H3. The Morgan fingerprint density at radius 1 is 0.912 bits per heavy atom. The maximum Gasteiger partial charge on any atom is 0.329 e. The lowest BCUT2D eigenvalue weighted by molar-refractivity contribution is -0.156. The van der Waals surface area contributed by atoms with Crippen LogP contribution in [0, 0.1) is 0 Å². The molecular formula is C25H26N4O5. The van der Waals surface area contributed by atoms with Crippen LogP contribution in [0.4, 0.5) is 16.2 Å². The fourth-order valence-corrected chi connectivity index (χ4v) is 5.17. The topological polar surface area (TPSA) is 101 Å². The Bertz CT molecular complexity index is 1180. The van der Waals surface area contributed by atoms with Crippen molar-refractivity contribution >= 4 is 35.1 Å². The van der Waals surface area contributed by atoms with Crippen LogP contribution in [-0.2, 0) is 16.1 Å². The number of imide groups is 1. The second kappa shape index (κ2) is 8.25. The lowest BCUT2D eigenvalue weighted by Crippen LogP contribution is -2.54. The second-order valence-electron chi connectivity index (χ2n) is 8.97. The molecule has 0 aromatic heterocycles. The summed E-state index contributed by atoms with van der Waals surface area (Å²) in [5.41, 5.74) is 2.73. The molecule has 3 aliphatic heterocycles. The van der Waals surface area contributed by atoms with E-state index in [9.17, 15) is 24.3 Å². The monoisotopic (exact) mass is 462 g/mol. The van der Waals surface area contributed by atoms with E-state index in [1.807, 2.05) is 50.2 Å². The fourth-order valence-electron chi connectivity index (χ4n) is 5.17. The molecule has 3 aliphatic rings. The van der Waals surface area contributed by atoms with E-state index in [1.54, 1.807) is 21.9 Å². The molecule has 2 aromatic rings. The molecule has 0 bridgehead atoms. The summed E-state index contributed by atoms with van der Waals surface area (Å²) in [5, 5.41) is 9.40. The Kier molecular flexibility index (Phi) is 5.36. The number of benzene rings is 2. The summed E-state index contributed by atoms with van der Waals surface area (Å²) in [5.74, 6) is -1.28. The van der Waals surface area contributed by atoms with Gasteiger partial charge in [-0.3, -0.25) is 29.1 Å². The van der Waals surface area contributed by atoms with Gasteiger partial charge in [0.15, 0.2) is 0 Å². The minimum absolute atomic E-state index is 0.0526. The van der Waals surface area contributed by atoms with Crippen molar-refractivity contribution in [3.63, 3.8) is 0 Å². The molecule has 9 nitrogen and oxygen atoms in total. The van der Waals surface area contributed by atoms with E-state index in [2.05, 4.69) is 0 Å². The van der Waals surface area contributed by atoms with Gasteiger partial charge in [0.2, 0.25) is 5.91 Å². The third-order valence-corrected chi connectivity index (χ3v) is 7.16. The van der Waals surface area contributed by atoms with Gasteiger partial charge in [-0.1, -0.05) is 18.2 Å². The molecule has 5 rings (SSSR count). The maximum atomic E-state index is 13.4. The molecule has 0 saturated carbocycles. The number of hydrogen-bond donors (Lipinski definition) is 1. The van der Waals surface area contributed by atoms with Crippen LogP contribution in [0.2, 0.25) is 0 Å². The molecule has 5 amide bonds. The number of carbonyl (C=O) groups excluding carboxylic acids is 4. The van der Waals surface area contributed by atoms with Crippen LogP contribution < -0.4 is 9.80 Å². The van der Waals surface area contributed by atoms with Crippen LogP contribution in [0.5, 0.6) is 0 Å². The Morgan fingerprint density at radius 3 is 2.26 bits per heavy atom. The van der Waals surface area contributed by atoms with E-state index in [0.717, 1.165) is 16.2 Å². The Hall–Kier alpha value is -3.72. The fraction of sp³-hybridized carbons (Fsp3) is 0.360. The highest BCUT2D eigenvalue weighted by molar-refractivity contribution is 6.09. The molecule has 34 heavy (non-hydrogen) atoms. The predicted molar refractivity (Wildman–Crippen MR) is 124 cm³/mol. The van der Waals surface area contributed by atoms with E-state index >= 15 is 0 Å². The molecule has 3 atom stereocenters. The summed E-state index contributed by atoms with van der Waals surface area (Å²) in [6.07, 6.45) is 0.321. The summed E-state index contributed by atoms with van der Waals surface area (Å²) in [4.78, 5) is 56.9. The minimum Gasteiger partial charge on any atom is -0.376 e. The third kappa shape index (κ3) is 3.27. The van der Waals surface area contributed by atoms with Crippen molar-refractivity contribution < 1.29 is 24.3 Å². The van der Waals surface area contributed by atoms with Gasteiger partial charge in [-0.05, 0) is 56.2 Å². The first-order chi connectivity index (χ1) is 16.3. The average Bonchev–Trinajstić information content (AvgIpc) is 3.27. The number of urea groups is 1. The normalized spacial score (nSPS) is 25.0. The average molecular weight is 463 g/mol. The van der Waals surface area contributed by atoms with Gasteiger partial charge in [0, 0.05) is 29.9 Å². The first kappa shape index (κ1) is 22.1. The van der Waals surface area contributed by atoms with E-state index in [0.29, 0.717) is 11.3 Å². The number of anilines is 2. The lowest BCUT2D eigenvalue weighted by Gasteiger charge is -2.34. The molecule has 9 heteroatoms. The number of piperidine rings is 1. The van der Waals surface area contributed by atoms with Crippen molar-refractivity contribution in [2.24, 2.45) is 0 Å². The molecular weight excluding hydrogens is 436 g/mol. The van der Waals surface area contributed by atoms with Gasteiger partial charge in [0.1, 0.15) is 12.8 Å². The SMILES string of the molecule is CC1C(C)N(c2ccc3c(c2)CN(C2CCC(=O)N(CO)C2=O)C3=O)C(=O)N1c1ccccc1. The quantitative estimate of drug-likeness (QED) is 0.703. The molecule has 0 aliphatic carbocycles. The molecule has 2 saturated heterocycles. The van der Waals surface area contributed by atoms with Crippen LogP contribution in [-0.4, -0.2) is 63.5 Å². The molecule has 3 heterocycles. The van der Waals surface area contributed by atoms with Crippen LogP contribution in [0.3, 0.4) is 0 Å². The highest BCUT2D eigenvalue weighted by Crippen LogP contribution is 2.36. The number of amides is 5. The zero-order valence-electron chi connectivity index (χ0n) is 19.0. The van der Waals surface area contributed by atoms with Gasteiger partial charge in [-0.15, -0.1) is 0 Å². The molecule has 0 radical (unpaired) electrons. The van der Waals surface area contributed by atoms with Gasteiger partial charge in [0.25, 0.3) is 11.8 Å². The number of fused-ring (bicyclic) bond motifs is 1. The van der Waals surface area contributed by atoms with E-state index in [-0.39, 0.29) is 43.4 Å². The second-order valence-corrected chi connectivity index (χ2v) is 8.97. The van der Waals surface area contributed by atoms with Crippen LogP contribution in [0.25, 0.3) is 0 Å². The molecule has 1 N–H and O–H groups in total. The van der Waals surface area contributed by atoms with Gasteiger partial charge in [-0.2, -0.15) is 0 Å². The highest BCUT2D eigenvalue weighted by Gasteiger charge is 2.45. The van der Waals surface area contributed by atoms with Crippen molar-refractivity contribution in [3.8, 4) is 0 Å². The first-order valence-electron chi connectivity index (χ1n) is 11.4.